The summed E-state index contributed by atoms with van der Waals surface area (Å²) in [6.07, 6.45) is 0. The average Bonchev–Trinajstić information content (AvgIpc) is 2.52. The van der Waals surface area contributed by atoms with Gasteiger partial charge in [0.25, 0.3) is 0 Å². The van der Waals surface area contributed by atoms with Gasteiger partial charge in [-0.25, -0.2) is 0 Å². The lowest BCUT2D eigenvalue weighted by atomic mass is 10.1. The van der Waals surface area contributed by atoms with Crippen molar-refractivity contribution >= 4 is 34.5 Å². The molecule has 2 aromatic rings. The smallest absolute Gasteiger partial charge is 0.0762 e. The van der Waals surface area contributed by atoms with Gasteiger partial charge in [-0.05, 0) is 63.1 Å². The van der Waals surface area contributed by atoms with Crippen molar-refractivity contribution in [1.82, 2.24) is 0 Å². The SMILES string of the molecule is CCN(CC)c1ccc2c(c1)Sc1cc(C)c(C)c(N)c1N2. The molecule has 22 heavy (non-hydrogen) atoms. The number of nitrogens with one attached hydrogen (secondary N) is 1. The van der Waals surface area contributed by atoms with E-state index in [2.05, 4.69) is 62.2 Å². The van der Waals surface area contributed by atoms with Crippen LogP contribution in [0.5, 0.6) is 0 Å². The third kappa shape index (κ3) is 2.41. The van der Waals surface area contributed by atoms with Crippen molar-refractivity contribution in [3.8, 4) is 0 Å². The summed E-state index contributed by atoms with van der Waals surface area (Å²) in [7, 11) is 0. The average molecular weight is 313 g/mol. The van der Waals surface area contributed by atoms with E-state index in [-0.39, 0.29) is 0 Å². The molecule has 0 unspecified atom stereocenters. The third-order valence-corrected chi connectivity index (χ3v) is 5.53. The first-order valence-electron chi connectivity index (χ1n) is 7.78. The van der Waals surface area contributed by atoms with Crippen molar-refractivity contribution in [2.75, 3.05) is 29.0 Å². The van der Waals surface area contributed by atoms with E-state index in [1.54, 1.807) is 11.8 Å². The number of hydrogen-bond acceptors (Lipinski definition) is 4. The molecular formula is C18H23N3S. The van der Waals surface area contributed by atoms with Gasteiger partial charge < -0.3 is 16.0 Å². The maximum atomic E-state index is 6.30. The topological polar surface area (TPSA) is 41.3 Å². The molecule has 1 heterocycles. The van der Waals surface area contributed by atoms with Crippen molar-refractivity contribution in [3.05, 3.63) is 35.4 Å². The van der Waals surface area contributed by atoms with Crippen LogP contribution in [-0.4, -0.2) is 13.1 Å². The van der Waals surface area contributed by atoms with Gasteiger partial charge in [0.15, 0.2) is 0 Å². The molecule has 116 valence electrons. The fourth-order valence-corrected chi connectivity index (χ4v) is 4.00. The molecule has 0 fully saturated rings. The number of nitrogen functional groups attached to an aromatic ring is 1. The second kappa shape index (κ2) is 5.76. The largest absolute Gasteiger partial charge is 0.397 e. The first-order chi connectivity index (χ1) is 10.5. The standard InChI is InChI=1S/C18H23N3S/c1-5-21(6-2)13-7-8-14-15(10-13)22-16-9-11(3)12(4)17(19)18(16)20-14/h7-10,20H,5-6,19H2,1-4H3. The lowest BCUT2D eigenvalue weighted by Gasteiger charge is -2.27. The lowest BCUT2D eigenvalue weighted by molar-refractivity contribution is 0.864. The Morgan fingerprint density at radius 2 is 1.82 bits per heavy atom. The third-order valence-electron chi connectivity index (χ3n) is 4.43. The van der Waals surface area contributed by atoms with E-state index in [4.69, 9.17) is 5.73 Å². The molecule has 0 saturated carbocycles. The molecule has 0 bridgehead atoms. The molecule has 0 aliphatic carbocycles. The second-order valence-electron chi connectivity index (χ2n) is 5.69. The maximum Gasteiger partial charge on any atom is 0.0762 e. The Hall–Kier alpha value is -1.81. The van der Waals surface area contributed by atoms with Gasteiger partial charge in [-0.1, -0.05) is 11.8 Å². The van der Waals surface area contributed by atoms with E-state index < -0.39 is 0 Å². The van der Waals surface area contributed by atoms with Crippen molar-refractivity contribution in [3.63, 3.8) is 0 Å². The minimum Gasteiger partial charge on any atom is -0.397 e. The van der Waals surface area contributed by atoms with Crippen LogP contribution < -0.4 is 16.0 Å². The van der Waals surface area contributed by atoms with Crippen LogP contribution in [0.3, 0.4) is 0 Å². The molecule has 1 aliphatic rings. The van der Waals surface area contributed by atoms with Crippen LogP contribution in [0.15, 0.2) is 34.1 Å². The predicted molar refractivity (Wildman–Crippen MR) is 97.7 cm³/mol. The molecule has 3 nitrogen and oxygen atoms in total. The molecule has 0 aromatic heterocycles. The number of nitrogens with two attached hydrogens (primary N) is 1. The Morgan fingerprint density at radius 3 is 2.50 bits per heavy atom. The van der Waals surface area contributed by atoms with Crippen LogP contribution in [0.25, 0.3) is 0 Å². The van der Waals surface area contributed by atoms with Crippen molar-refractivity contribution < 1.29 is 0 Å². The van der Waals surface area contributed by atoms with Crippen molar-refractivity contribution in [1.29, 1.82) is 0 Å². The van der Waals surface area contributed by atoms with E-state index in [9.17, 15) is 0 Å². The highest BCUT2D eigenvalue weighted by Gasteiger charge is 2.20. The highest BCUT2D eigenvalue weighted by Crippen LogP contribution is 2.48. The Kier molecular flexibility index (Phi) is 3.96. The van der Waals surface area contributed by atoms with Crippen LogP contribution in [-0.2, 0) is 0 Å². The van der Waals surface area contributed by atoms with E-state index in [1.165, 1.54) is 21.0 Å². The zero-order valence-corrected chi connectivity index (χ0v) is 14.5. The summed E-state index contributed by atoms with van der Waals surface area (Å²) in [5, 5.41) is 3.51. The lowest BCUT2D eigenvalue weighted by Crippen LogP contribution is -2.21. The number of rotatable bonds is 3. The van der Waals surface area contributed by atoms with E-state index in [0.717, 1.165) is 35.7 Å². The van der Waals surface area contributed by atoms with Gasteiger partial charge >= 0.3 is 0 Å². The summed E-state index contributed by atoms with van der Waals surface area (Å²) in [4.78, 5) is 4.84. The fraction of sp³-hybridized carbons (Fsp3) is 0.333. The number of hydrogen-bond donors (Lipinski definition) is 2. The Morgan fingerprint density at radius 1 is 1.09 bits per heavy atom. The first-order valence-corrected chi connectivity index (χ1v) is 8.60. The van der Waals surface area contributed by atoms with Gasteiger partial charge in [0, 0.05) is 28.6 Å². The number of fused-ring (bicyclic) bond motifs is 2. The van der Waals surface area contributed by atoms with Gasteiger partial charge in [0.1, 0.15) is 0 Å². The van der Waals surface area contributed by atoms with E-state index >= 15 is 0 Å². The molecule has 3 N–H and O–H groups in total. The molecule has 0 saturated heterocycles. The van der Waals surface area contributed by atoms with Gasteiger partial charge in [0.05, 0.1) is 17.1 Å². The van der Waals surface area contributed by atoms with Crippen LogP contribution >= 0.6 is 11.8 Å². The van der Waals surface area contributed by atoms with Gasteiger partial charge in [-0.2, -0.15) is 0 Å². The second-order valence-corrected chi connectivity index (χ2v) is 6.77. The number of aryl methyl sites for hydroxylation is 1. The first kappa shape index (κ1) is 15.1. The van der Waals surface area contributed by atoms with Crippen LogP contribution in [0.2, 0.25) is 0 Å². The Bertz CT molecular complexity index is 721. The molecule has 4 heteroatoms. The van der Waals surface area contributed by atoms with Crippen LogP contribution in [0.1, 0.15) is 25.0 Å². The molecule has 0 spiro atoms. The van der Waals surface area contributed by atoms with Gasteiger partial charge in [-0.15, -0.1) is 0 Å². The monoisotopic (exact) mass is 313 g/mol. The molecule has 0 amide bonds. The summed E-state index contributed by atoms with van der Waals surface area (Å²) < 4.78 is 0. The highest BCUT2D eigenvalue weighted by molar-refractivity contribution is 7.99. The van der Waals surface area contributed by atoms with Gasteiger partial charge in [0.2, 0.25) is 0 Å². The van der Waals surface area contributed by atoms with Gasteiger partial charge in [-0.3, -0.25) is 0 Å². The summed E-state index contributed by atoms with van der Waals surface area (Å²) in [5.41, 5.74) is 13.0. The minimum absolute atomic E-state index is 0.862. The molecule has 3 rings (SSSR count). The Balaban J connectivity index is 2.02. The summed E-state index contributed by atoms with van der Waals surface area (Å²) in [5.74, 6) is 0. The number of nitrogens with zero attached hydrogens (tertiary/aromatic N) is 1. The predicted octanol–water partition coefficient (Wildman–Crippen LogP) is 4.94. The summed E-state index contributed by atoms with van der Waals surface area (Å²) in [6.45, 7) is 10.6. The number of anilines is 4. The van der Waals surface area contributed by atoms with Crippen molar-refractivity contribution in [2.24, 2.45) is 0 Å². The van der Waals surface area contributed by atoms with Crippen LogP contribution in [0, 0.1) is 13.8 Å². The fourth-order valence-electron chi connectivity index (χ4n) is 2.86. The summed E-state index contributed by atoms with van der Waals surface area (Å²) in [6, 6.07) is 8.84. The molecule has 1 aliphatic heterocycles. The zero-order valence-electron chi connectivity index (χ0n) is 13.7. The maximum absolute atomic E-state index is 6.30. The zero-order chi connectivity index (χ0) is 15.9. The van der Waals surface area contributed by atoms with E-state index in [0.29, 0.717) is 0 Å². The minimum atomic E-state index is 0.862. The van der Waals surface area contributed by atoms with Crippen LogP contribution in [0.4, 0.5) is 22.7 Å². The van der Waals surface area contributed by atoms with Crippen molar-refractivity contribution in [2.45, 2.75) is 37.5 Å². The Labute approximate surface area is 136 Å². The number of benzene rings is 2. The quantitative estimate of drug-likeness (QED) is 0.672. The van der Waals surface area contributed by atoms with E-state index in [1.807, 2.05) is 0 Å². The molecule has 0 radical (unpaired) electrons. The highest BCUT2D eigenvalue weighted by atomic mass is 32.2. The normalized spacial score (nSPS) is 12.4. The molecular weight excluding hydrogens is 290 g/mol. The molecule has 0 atom stereocenters. The molecule has 2 aromatic carbocycles. The summed E-state index contributed by atoms with van der Waals surface area (Å²) >= 11 is 1.80.